The molecule has 1 rings (SSSR count). The summed E-state index contributed by atoms with van der Waals surface area (Å²) in [6, 6.07) is 5.10. The number of carbonyl (C=O) groups excluding carboxylic acids is 1. The minimum Gasteiger partial charge on any atom is -0.462 e. The fraction of sp³-hybridized carbons (Fsp3) is 0.462. The third-order valence-electron chi connectivity index (χ3n) is 2.53. The second-order valence-electron chi connectivity index (χ2n) is 3.88. The topological polar surface area (TPSA) is 81.4 Å². The lowest BCUT2D eigenvalue weighted by atomic mass is 10.1. The number of nitrogen functional groups attached to an aromatic ring is 1. The first-order valence-corrected chi connectivity index (χ1v) is 7.72. The van der Waals surface area contributed by atoms with Gasteiger partial charge in [0, 0.05) is 40.2 Å². The number of benzene rings is 1. The Hall–Kier alpha value is -1.56. The van der Waals surface area contributed by atoms with Gasteiger partial charge in [0.2, 0.25) is 0 Å². The minimum absolute atomic E-state index is 0.311. The van der Waals surface area contributed by atoms with Crippen LogP contribution in [0.3, 0.4) is 0 Å². The van der Waals surface area contributed by atoms with E-state index in [0.717, 1.165) is 5.69 Å². The number of carbonyl (C=O) groups is 1. The molecule has 0 saturated heterocycles. The molecule has 6 heteroatoms. The summed E-state index contributed by atoms with van der Waals surface area (Å²) in [4.78, 5) is 11.7. The number of rotatable bonds is 7. The number of ether oxygens (including phenoxy) is 1. The fourth-order valence-corrected chi connectivity index (χ4v) is 2.12. The molecular weight excluding hydrogens is 264 g/mol. The first-order valence-electron chi connectivity index (χ1n) is 6.24. The second-order valence-corrected chi connectivity index (χ2v) is 5.75. The quantitative estimate of drug-likeness (QED) is 0.587. The van der Waals surface area contributed by atoms with Crippen LogP contribution in [-0.2, 0) is 15.5 Å². The highest BCUT2D eigenvalue weighted by Gasteiger charge is 2.11. The summed E-state index contributed by atoms with van der Waals surface area (Å²) in [6.45, 7) is 4.53. The first-order chi connectivity index (χ1) is 9.08. The smallest absolute Gasteiger partial charge is 0.340 e. The van der Waals surface area contributed by atoms with Crippen molar-refractivity contribution in [3.63, 3.8) is 0 Å². The minimum atomic E-state index is -0.801. The van der Waals surface area contributed by atoms with Crippen molar-refractivity contribution in [3.05, 3.63) is 23.8 Å². The van der Waals surface area contributed by atoms with Crippen molar-refractivity contribution in [1.82, 2.24) is 0 Å². The highest BCUT2D eigenvalue weighted by Crippen LogP contribution is 2.18. The summed E-state index contributed by atoms with van der Waals surface area (Å²) in [5.74, 6) is 0.799. The van der Waals surface area contributed by atoms with Gasteiger partial charge in [0.05, 0.1) is 12.2 Å². The van der Waals surface area contributed by atoms with Gasteiger partial charge in [-0.05, 0) is 25.1 Å². The molecule has 0 aromatic heterocycles. The van der Waals surface area contributed by atoms with Gasteiger partial charge in [-0.2, -0.15) is 0 Å². The van der Waals surface area contributed by atoms with Crippen LogP contribution in [0.1, 0.15) is 24.2 Å². The molecule has 1 aromatic rings. The maximum atomic E-state index is 11.7. The van der Waals surface area contributed by atoms with Crippen LogP contribution in [-0.4, -0.2) is 34.8 Å². The fourth-order valence-electron chi connectivity index (χ4n) is 1.51. The van der Waals surface area contributed by atoms with E-state index in [1.54, 1.807) is 25.1 Å². The van der Waals surface area contributed by atoms with Gasteiger partial charge in [0.25, 0.3) is 0 Å². The zero-order valence-electron chi connectivity index (χ0n) is 11.3. The van der Waals surface area contributed by atoms with Crippen LogP contribution >= 0.6 is 0 Å². The molecule has 3 N–H and O–H groups in total. The summed E-state index contributed by atoms with van der Waals surface area (Å²) in [5.41, 5.74) is 7.25. The summed E-state index contributed by atoms with van der Waals surface area (Å²) < 4.78 is 16.2. The van der Waals surface area contributed by atoms with Crippen molar-refractivity contribution in [2.75, 3.05) is 35.7 Å². The van der Waals surface area contributed by atoms with E-state index in [2.05, 4.69) is 5.32 Å². The van der Waals surface area contributed by atoms with E-state index in [4.69, 9.17) is 10.5 Å². The third kappa shape index (κ3) is 4.90. The molecule has 0 bridgehead atoms. The summed E-state index contributed by atoms with van der Waals surface area (Å²) in [7, 11) is -0.801. The lowest BCUT2D eigenvalue weighted by molar-refractivity contribution is 0.0527. The number of nitrogens with one attached hydrogen (secondary N) is 1. The molecule has 0 heterocycles. The Balaban J connectivity index is 2.68. The summed E-state index contributed by atoms with van der Waals surface area (Å²) in [5, 5.41) is 3.12. The Morgan fingerprint density at radius 1 is 1.42 bits per heavy atom. The molecule has 1 unspecified atom stereocenters. The normalized spacial score (nSPS) is 11.9. The predicted octanol–water partition coefficient (Wildman–Crippen LogP) is 1.63. The molecular formula is C13H20N2O3S. The van der Waals surface area contributed by atoms with Crippen LogP contribution in [0.25, 0.3) is 0 Å². The van der Waals surface area contributed by atoms with Crippen LogP contribution < -0.4 is 11.1 Å². The highest BCUT2D eigenvalue weighted by atomic mass is 32.2. The Morgan fingerprint density at radius 3 is 2.79 bits per heavy atom. The number of nitrogens with two attached hydrogens (primary N) is 1. The van der Waals surface area contributed by atoms with Crippen LogP contribution in [0.2, 0.25) is 0 Å². The van der Waals surface area contributed by atoms with Crippen molar-refractivity contribution >= 4 is 28.1 Å². The maximum absolute atomic E-state index is 11.7. The van der Waals surface area contributed by atoms with Gasteiger partial charge in [-0.15, -0.1) is 0 Å². The molecule has 5 nitrogen and oxygen atoms in total. The number of hydrogen-bond donors (Lipinski definition) is 2. The van der Waals surface area contributed by atoms with E-state index < -0.39 is 16.8 Å². The van der Waals surface area contributed by atoms with E-state index in [-0.39, 0.29) is 0 Å². The van der Waals surface area contributed by atoms with Crippen molar-refractivity contribution in [1.29, 1.82) is 0 Å². The monoisotopic (exact) mass is 284 g/mol. The molecule has 0 spiro atoms. The van der Waals surface area contributed by atoms with Gasteiger partial charge in [-0.1, -0.05) is 6.92 Å². The third-order valence-corrected chi connectivity index (χ3v) is 3.83. The molecule has 0 amide bonds. The maximum Gasteiger partial charge on any atom is 0.340 e. The lowest BCUT2D eigenvalue weighted by Crippen LogP contribution is -2.13. The van der Waals surface area contributed by atoms with Crippen molar-refractivity contribution in [2.45, 2.75) is 13.8 Å². The van der Waals surface area contributed by atoms with Gasteiger partial charge >= 0.3 is 5.97 Å². The van der Waals surface area contributed by atoms with E-state index in [1.165, 1.54) is 0 Å². The van der Waals surface area contributed by atoms with Crippen LogP contribution in [0.15, 0.2) is 18.2 Å². The Bertz CT molecular complexity index is 463. The Labute approximate surface area is 116 Å². The molecule has 0 aliphatic carbocycles. The van der Waals surface area contributed by atoms with Gasteiger partial charge in [-0.3, -0.25) is 4.21 Å². The van der Waals surface area contributed by atoms with Crippen molar-refractivity contribution in [3.8, 4) is 0 Å². The zero-order chi connectivity index (χ0) is 14.3. The average molecular weight is 284 g/mol. The predicted molar refractivity (Wildman–Crippen MR) is 78.9 cm³/mol. The van der Waals surface area contributed by atoms with Crippen LogP contribution in [0.5, 0.6) is 0 Å². The number of hydrogen-bond acceptors (Lipinski definition) is 5. The Kier molecular flexibility index (Phi) is 6.35. The van der Waals surface area contributed by atoms with Gasteiger partial charge in [0.15, 0.2) is 0 Å². The van der Waals surface area contributed by atoms with Crippen molar-refractivity contribution in [2.24, 2.45) is 0 Å². The number of anilines is 2. The standard InChI is InChI=1S/C13H20N2O3S/c1-3-18-13(16)11-9-10(5-6-12(11)14)15-7-8-19(17)4-2/h5-6,9,15H,3-4,7-8,14H2,1-2H3. The van der Waals surface area contributed by atoms with E-state index in [1.807, 2.05) is 6.92 Å². The summed E-state index contributed by atoms with van der Waals surface area (Å²) in [6.07, 6.45) is 0. The Morgan fingerprint density at radius 2 is 2.16 bits per heavy atom. The van der Waals surface area contributed by atoms with Gasteiger partial charge < -0.3 is 15.8 Å². The highest BCUT2D eigenvalue weighted by molar-refractivity contribution is 7.84. The molecule has 19 heavy (non-hydrogen) atoms. The first kappa shape index (κ1) is 15.5. The van der Waals surface area contributed by atoms with E-state index in [9.17, 15) is 9.00 Å². The SMILES string of the molecule is CCOC(=O)c1cc(NCCS(=O)CC)ccc1N. The zero-order valence-corrected chi connectivity index (χ0v) is 12.1. The molecule has 0 fully saturated rings. The summed E-state index contributed by atoms with van der Waals surface area (Å²) >= 11 is 0. The lowest BCUT2D eigenvalue weighted by Gasteiger charge is -2.10. The van der Waals surface area contributed by atoms with Crippen LogP contribution in [0, 0.1) is 0 Å². The van der Waals surface area contributed by atoms with Gasteiger partial charge in [0.1, 0.15) is 0 Å². The molecule has 1 atom stereocenters. The van der Waals surface area contributed by atoms with Gasteiger partial charge in [-0.25, -0.2) is 4.79 Å². The van der Waals surface area contributed by atoms with E-state index in [0.29, 0.717) is 35.9 Å². The molecule has 0 aliphatic heterocycles. The second kappa shape index (κ2) is 7.78. The molecule has 1 aromatic carbocycles. The molecule has 106 valence electrons. The van der Waals surface area contributed by atoms with Crippen molar-refractivity contribution < 1.29 is 13.7 Å². The largest absolute Gasteiger partial charge is 0.462 e. The van der Waals surface area contributed by atoms with Crippen LogP contribution in [0.4, 0.5) is 11.4 Å². The van der Waals surface area contributed by atoms with E-state index >= 15 is 0 Å². The average Bonchev–Trinajstić information content (AvgIpc) is 2.40. The molecule has 0 radical (unpaired) electrons. The number of esters is 1. The molecule has 0 saturated carbocycles. The molecule has 0 aliphatic rings.